The minimum absolute atomic E-state index is 0.536. The highest BCUT2D eigenvalue weighted by molar-refractivity contribution is 5.61. The van der Waals surface area contributed by atoms with E-state index in [1.165, 1.54) is 0 Å². The van der Waals surface area contributed by atoms with E-state index in [1.54, 1.807) is 27.7 Å². The van der Waals surface area contributed by atoms with E-state index in [2.05, 4.69) is 10.7 Å². The van der Waals surface area contributed by atoms with E-state index < -0.39 is 17.9 Å². The zero-order valence-electron chi connectivity index (χ0n) is 7.88. The van der Waals surface area contributed by atoms with Crippen LogP contribution in [0.15, 0.2) is 0 Å². The Morgan fingerprint density at radius 1 is 1.50 bits per heavy atom. The highest BCUT2D eigenvalue weighted by Gasteiger charge is 2.18. The first-order chi connectivity index (χ1) is 5.35. The van der Waals surface area contributed by atoms with Crippen molar-refractivity contribution in [1.82, 2.24) is 0 Å². The summed E-state index contributed by atoms with van der Waals surface area (Å²) < 4.78 is 9.53. The Labute approximate surface area is 73.0 Å². The molecule has 0 aromatic rings. The molecule has 68 valence electrons. The first kappa shape index (κ1) is 10.8. The molecule has 0 radical (unpaired) electrons. The number of ether oxygens (including phenoxy) is 2. The molecule has 0 aliphatic carbocycles. The molecular weight excluding hydrogens is 156 g/mol. The third kappa shape index (κ3) is 5.60. The smallest absolute Gasteiger partial charge is 0.429 e. The molecule has 3 heteroatoms. The van der Waals surface area contributed by atoms with Crippen molar-refractivity contribution in [3.05, 3.63) is 0 Å². The van der Waals surface area contributed by atoms with Crippen molar-refractivity contribution < 1.29 is 14.3 Å². The van der Waals surface area contributed by atoms with Crippen molar-refractivity contribution in [2.75, 3.05) is 0 Å². The quantitative estimate of drug-likeness (QED) is 0.445. The second kappa shape index (κ2) is 4.01. The van der Waals surface area contributed by atoms with Crippen molar-refractivity contribution in [3.8, 4) is 12.3 Å². The molecule has 0 fully saturated rings. The molecule has 0 heterocycles. The van der Waals surface area contributed by atoms with Crippen LogP contribution in [-0.4, -0.2) is 17.9 Å². The average molecular weight is 170 g/mol. The van der Waals surface area contributed by atoms with Gasteiger partial charge >= 0.3 is 6.16 Å². The Morgan fingerprint density at radius 3 is 2.33 bits per heavy atom. The predicted octanol–water partition coefficient (Wildman–Crippen LogP) is 1.96. The molecule has 0 aliphatic rings. The van der Waals surface area contributed by atoms with Gasteiger partial charge in [-0.05, 0) is 27.7 Å². The number of rotatable bonds is 1. The zero-order chi connectivity index (χ0) is 9.78. The Morgan fingerprint density at radius 2 is 2.00 bits per heavy atom. The average Bonchev–Trinajstić information content (AvgIpc) is 1.82. The van der Waals surface area contributed by atoms with E-state index in [0.29, 0.717) is 0 Å². The summed E-state index contributed by atoms with van der Waals surface area (Å²) >= 11 is 0. The summed E-state index contributed by atoms with van der Waals surface area (Å²) in [6, 6.07) is 0. The normalized spacial score (nSPS) is 12.9. The van der Waals surface area contributed by atoms with Gasteiger partial charge in [0.1, 0.15) is 5.60 Å². The van der Waals surface area contributed by atoms with Gasteiger partial charge < -0.3 is 9.47 Å². The molecule has 0 bridgehead atoms. The maximum atomic E-state index is 10.9. The van der Waals surface area contributed by atoms with E-state index in [9.17, 15) is 4.79 Å². The van der Waals surface area contributed by atoms with Gasteiger partial charge in [-0.15, -0.1) is 6.42 Å². The molecule has 0 N–H and O–H groups in total. The first-order valence-electron chi connectivity index (χ1n) is 3.71. The van der Waals surface area contributed by atoms with Gasteiger partial charge in [0.25, 0.3) is 0 Å². The number of terminal acetylenes is 1. The van der Waals surface area contributed by atoms with Crippen LogP contribution in [0.25, 0.3) is 0 Å². The van der Waals surface area contributed by atoms with Crippen LogP contribution in [-0.2, 0) is 9.47 Å². The molecule has 0 rings (SSSR count). The molecular formula is C9H14O3. The largest absolute Gasteiger partial charge is 0.510 e. The molecule has 1 unspecified atom stereocenters. The van der Waals surface area contributed by atoms with Gasteiger partial charge in [0.2, 0.25) is 0 Å². The highest BCUT2D eigenvalue weighted by atomic mass is 16.7. The predicted molar refractivity (Wildman–Crippen MR) is 45.6 cm³/mol. The minimum Gasteiger partial charge on any atom is -0.429 e. The van der Waals surface area contributed by atoms with E-state index in [4.69, 9.17) is 11.2 Å². The van der Waals surface area contributed by atoms with Crippen molar-refractivity contribution in [2.24, 2.45) is 0 Å². The SMILES string of the molecule is C#CC(C)OC(=O)OC(C)(C)C. The number of hydrogen-bond donors (Lipinski definition) is 0. The van der Waals surface area contributed by atoms with Crippen molar-refractivity contribution in [1.29, 1.82) is 0 Å². The van der Waals surface area contributed by atoms with Crippen LogP contribution in [0.1, 0.15) is 27.7 Å². The second-order valence-electron chi connectivity index (χ2n) is 3.39. The van der Waals surface area contributed by atoms with Crippen LogP contribution in [0.5, 0.6) is 0 Å². The lowest BCUT2D eigenvalue weighted by Crippen LogP contribution is -2.26. The van der Waals surface area contributed by atoms with Gasteiger partial charge in [0, 0.05) is 0 Å². The lowest BCUT2D eigenvalue weighted by Gasteiger charge is -2.19. The summed E-state index contributed by atoms with van der Waals surface area (Å²) in [6.07, 6.45) is 3.73. The van der Waals surface area contributed by atoms with E-state index in [1.807, 2.05) is 0 Å². The molecule has 0 saturated heterocycles. The van der Waals surface area contributed by atoms with Crippen molar-refractivity contribution in [2.45, 2.75) is 39.4 Å². The minimum atomic E-state index is -0.729. The molecule has 0 spiro atoms. The summed E-state index contributed by atoms with van der Waals surface area (Å²) in [6.45, 7) is 6.88. The second-order valence-corrected chi connectivity index (χ2v) is 3.39. The molecule has 0 saturated carbocycles. The van der Waals surface area contributed by atoms with Crippen LogP contribution in [0.4, 0.5) is 4.79 Å². The zero-order valence-corrected chi connectivity index (χ0v) is 7.88. The molecule has 0 aromatic heterocycles. The molecule has 12 heavy (non-hydrogen) atoms. The third-order valence-electron chi connectivity index (χ3n) is 0.897. The van der Waals surface area contributed by atoms with Crippen LogP contribution in [0.3, 0.4) is 0 Å². The third-order valence-corrected chi connectivity index (χ3v) is 0.897. The number of carbonyl (C=O) groups is 1. The van der Waals surface area contributed by atoms with Crippen molar-refractivity contribution in [3.63, 3.8) is 0 Å². The van der Waals surface area contributed by atoms with Crippen LogP contribution < -0.4 is 0 Å². The molecule has 1 atom stereocenters. The van der Waals surface area contributed by atoms with Gasteiger partial charge in [-0.3, -0.25) is 0 Å². The monoisotopic (exact) mass is 170 g/mol. The fourth-order valence-electron chi connectivity index (χ4n) is 0.452. The Bertz CT molecular complexity index is 195. The highest BCUT2D eigenvalue weighted by Crippen LogP contribution is 2.08. The van der Waals surface area contributed by atoms with Crippen molar-refractivity contribution >= 4 is 6.16 Å². The summed E-state index contributed by atoms with van der Waals surface area (Å²) in [5.74, 6) is 2.26. The van der Waals surface area contributed by atoms with Crippen LogP contribution in [0, 0.1) is 12.3 Å². The molecule has 3 nitrogen and oxygen atoms in total. The lowest BCUT2D eigenvalue weighted by atomic mass is 10.2. The number of carbonyl (C=O) groups excluding carboxylic acids is 1. The van der Waals surface area contributed by atoms with Gasteiger partial charge in [-0.1, -0.05) is 5.92 Å². The summed E-state index contributed by atoms with van der Waals surface area (Å²) in [7, 11) is 0. The van der Waals surface area contributed by atoms with E-state index in [0.717, 1.165) is 0 Å². The summed E-state index contributed by atoms with van der Waals surface area (Å²) in [5.41, 5.74) is -0.536. The first-order valence-corrected chi connectivity index (χ1v) is 3.71. The van der Waals surface area contributed by atoms with Crippen LogP contribution >= 0.6 is 0 Å². The number of hydrogen-bond acceptors (Lipinski definition) is 3. The molecule has 0 aromatic carbocycles. The van der Waals surface area contributed by atoms with E-state index in [-0.39, 0.29) is 0 Å². The van der Waals surface area contributed by atoms with Gasteiger partial charge in [0.05, 0.1) is 0 Å². The van der Waals surface area contributed by atoms with E-state index >= 15 is 0 Å². The lowest BCUT2D eigenvalue weighted by molar-refractivity contribution is -0.0140. The van der Waals surface area contributed by atoms with Gasteiger partial charge in [-0.25, -0.2) is 4.79 Å². The van der Waals surface area contributed by atoms with Gasteiger partial charge in [0.15, 0.2) is 6.10 Å². The molecule has 0 amide bonds. The standard InChI is InChI=1S/C9H14O3/c1-6-7(2)11-8(10)12-9(3,4)5/h1,7H,2-5H3. The Balaban J connectivity index is 3.85. The Hall–Kier alpha value is -1.17. The maximum absolute atomic E-state index is 10.9. The van der Waals surface area contributed by atoms with Crippen LogP contribution in [0.2, 0.25) is 0 Å². The maximum Gasteiger partial charge on any atom is 0.510 e. The summed E-state index contributed by atoms with van der Waals surface area (Å²) in [4.78, 5) is 10.9. The topological polar surface area (TPSA) is 35.5 Å². The fraction of sp³-hybridized carbons (Fsp3) is 0.667. The molecule has 0 aliphatic heterocycles. The fourth-order valence-corrected chi connectivity index (χ4v) is 0.452. The summed E-state index contributed by atoms with van der Waals surface area (Å²) in [5, 5.41) is 0. The Kier molecular flexibility index (Phi) is 3.62. The van der Waals surface area contributed by atoms with Gasteiger partial charge in [-0.2, -0.15) is 0 Å².